The minimum absolute atomic E-state index is 0.192. The van der Waals surface area contributed by atoms with E-state index in [0.29, 0.717) is 34.5 Å². The van der Waals surface area contributed by atoms with E-state index in [2.05, 4.69) is 5.10 Å². The summed E-state index contributed by atoms with van der Waals surface area (Å²) < 4.78 is 1.58. The van der Waals surface area contributed by atoms with E-state index in [9.17, 15) is 4.79 Å². The number of hydrogen-bond acceptors (Lipinski definition) is 3. The van der Waals surface area contributed by atoms with Crippen LogP contribution in [-0.2, 0) is 13.1 Å². The van der Waals surface area contributed by atoms with Gasteiger partial charge in [-0.3, -0.25) is 9.48 Å². The first kappa shape index (κ1) is 15.7. The number of aryl methyl sites for hydroxylation is 1. The summed E-state index contributed by atoms with van der Waals surface area (Å²) in [7, 11) is 1.70. The first-order chi connectivity index (χ1) is 9.92. The van der Waals surface area contributed by atoms with Gasteiger partial charge in [0.25, 0.3) is 5.91 Å². The zero-order chi connectivity index (χ0) is 15.6. The van der Waals surface area contributed by atoms with Crippen molar-refractivity contribution in [2.45, 2.75) is 20.0 Å². The average molecular weight is 327 g/mol. The van der Waals surface area contributed by atoms with Crippen LogP contribution < -0.4 is 5.73 Å². The van der Waals surface area contributed by atoms with Gasteiger partial charge in [-0.2, -0.15) is 5.10 Å². The number of anilines is 1. The number of carbonyl (C=O) groups excluding carboxylic acids is 1. The third-order valence-corrected chi connectivity index (χ3v) is 3.50. The number of halogens is 2. The van der Waals surface area contributed by atoms with Gasteiger partial charge in [-0.25, -0.2) is 0 Å². The molecule has 1 amide bonds. The van der Waals surface area contributed by atoms with Gasteiger partial charge in [0.1, 0.15) is 5.69 Å². The van der Waals surface area contributed by atoms with E-state index < -0.39 is 0 Å². The Morgan fingerprint density at radius 2 is 1.95 bits per heavy atom. The number of aromatic nitrogens is 2. The van der Waals surface area contributed by atoms with Crippen LogP contribution in [0.1, 0.15) is 23.0 Å². The number of nitrogens with zero attached hydrogens (tertiary/aromatic N) is 3. The van der Waals surface area contributed by atoms with Crippen molar-refractivity contribution in [3.8, 4) is 0 Å². The molecule has 1 aromatic carbocycles. The van der Waals surface area contributed by atoms with Gasteiger partial charge in [0.2, 0.25) is 0 Å². The molecule has 0 unspecified atom stereocenters. The molecule has 2 N–H and O–H groups in total. The Morgan fingerprint density at radius 3 is 2.52 bits per heavy atom. The maximum Gasteiger partial charge on any atom is 0.274 e. The molecule has 21 heavy (non-hydrogen) atoms. The van der Waals surface area contributed by atoms with Gasteiger partial charge < -0.3 is 10.6 Å². The topological polar surface area (TPSA) is 64.2 Å². The van der Waals surface area contributed by atoms with Crippen molar-refractivity contribution < 1.29 is 4.79 Å². The highest BCUT2D eigenvalue weighted by atomic mass is 35.5. The standard InChI is InChI=1S/C14H16Cl2N4O/c1-3-20-13(12(17)7-18-20)14(21)19(2)8-9-4-10(15)6-11(16)5-9/h4-7H,3,8,17H2,1-2H3. The number of nitrogens with two attached hydrogens (primary N) is 1. The fourth-order valence-electron chi connectivity index (χ4n) is 2.10. The zero-order valence-electron chi connectivity index (χ0n) is 11.8. The lowest BCUT2D eigenvalue weighted by atomic mass is 10.2. The van der Waals surface area contributed by atoms with E-state index in [4.69, 9.17) is 28.9 Å². The molecule has 112 valence electrons. The smallest absolute Gasteiger partial charge is 0.274 e. The van der Waals surface area contributed by atoms with Gasteiger partial charge in [0.05, 0.1) is 11.9 Å². The van der Waals surface area contributed by atoms with Crippen molar-refractivity contribution in [3.05, 3.63) is 45.7 Å². The highest BCUT2D eigenvalue weighted by molar-refractivity contribution is 6.34. The van der Waals surface area contributed by atoms with E-state index in [-0.39, 0.29) is 5.91 Å². The molecule has 0 aliphatic rings. The lowest BCUT2D eigenvalue weighted by Gasteiger charge is -2.18. The number of amides is 1. The second kappa shape index (κ2) is 6.37. The summed E-state index contributed by atoms with van der Waals surface area (Å²) in [6.07, 6.45) is 1.49. The molecule has 0 radical (unpaired) electrons. The zero-order valence-corrected chi connectivity index (χ0v) is 13.3. The Labute approximate surface area is 133 Å². The first-order valence-electron chi connectivity index (χ1n) is 6.44. The van der Waals surface area contributed by atoms with Gasteiger partial charge in [-0.05, 0) is 30.7 Å². The van der Waals surface area contributed by atoms with Gasteiger partial charge >= 0.3 is 0 Å². The quantitative estimate of drug-likeness (QED) is 0.939. The molecule has 7 heteroatoms. The molecule has 1 heterocycles. The molecule has 0 saturated heterocycles. The Kier molecular flexibility index (Phi) is 4.75. The fraction of sp³-hybridized carbons (Fsp3) is 0.286. The minimum Gasteiger partial charge on any atom is -0.396 e. The van der Waals surface area contributed by atoms with Crippen LogP contribution in [0.2, 0.25) is 10.0 Å². The second-order valence-corrected chi connectivity index (χ2v) is 5.58. The molecular weight excluding hydrogens is 311 g/mol. The maximum atomic E-state index is 12.5. The number of rotatable bonds is 4. The first-order valence-corrected chi connectivity index (χ1v) is 7.19. The van der Waals surface area contributed by atoms with E-state index in [0.717, 1.165) is 5.56 Å². The van der Waals surface area contributed by atoms with Gasteiger partial charge in [-0.15, -0.1) is 0 Å². The van der Waals surface area contributed by atoms with Crippen LogP contribution in [-0.4, -0.2) is 27.6 Å². The van der Waals surface area contributed by atoms with Crippen molar-refractivity contribution in [1.29, 1.82) is 0 Å². The van der Waals surface area contributed by atoms with E-state index >= 15 is 0 Å². The summed E-state index contributed by atoms with van der Waals surface area (Å²) in [6.45, 7) is 2.86. The van der Waals surface area contributed by atoms with Crippen molar-refractivity contribution in [3.63, 3.8) is 0 Å². The maximum absolute atomic E-state index is 12.5. The molecule has 0 saturated carbocycles. The Hall–Kier alpha value is -1.72. The molecule has 2 aromatic rings. The lowest BCUT2D eigenvalue weighted by molar-refractivity contribution is 0.0774. The van der Waals surface area contributed by atoms with E-state index in [1.54, 1.807) is 34.8 Å². The van der Waals surface area contributed by atoms with Crippen LogP contribution in [0.25, 0.3) is 0 Å². The summed E-state index contributed by atoms with van der Waals surface area (Å²) in [5, 5.41) is 5.15. The van der Waals surface area contributed by atoms with Crippen LogP contribution in [0.3, 0.4) is 0 Å². The van der Waals surface area contributed by atoms with E-state index in [1.807, 2.05) is 6.92 Å². The number of benzene rings is 1. The predicted molar refractivity (Wildman–Crippen MR) is 84.6 cm³/mol. The fourth-order valence-corrected chi connectivity index (χ4v) is 2.67. The van der Waals surface area contributed by atoms with Gasteiger partial charge in [0.15, 0.2) is 0 Å². The third kappa shape index (κ3) is 3.49. The molecule has 1 aromatic heterocycles. The molecule has 0 atom stereocenters. The lowest BCUT2D eigenvalue weighted by Crippen LogP contribution is -2.29. The van der Waals surface area contributed by atoms with Crippen molar-refractivity contribution in [2.75, 3.05) is 12.8 Å². The Balaban J connectivity index is 2.21. The van der Waals surface area contributed by atoms with Crippen molar-refractivity contribution in [2.24, 2.45) is 0 Å². The summed E-state index contributed by atoms with van der Waals surface area (Å²) in [4.78, 5) is 14.1. The summed E-state index contributed by atoms with van der Waals surface area (Å²) in [6, 6.07) is 5.20. The van der Waals surface area contributed by atoms with E-state index in [1.165, 1.54) is 6.20 Å². The largest absolute Gasteiger partial charge is 0.396 e. The Bertz CT molecular complexity index is 649. The number of carbonyl (C=O) groups is 1. The summed E-state index contributed by atoms with van der Waals surface area (Å²) in [5.41, 5.74) is 7.44. The molecule has 0 bridgehead atoms. The minimum atomic E-state index is -0.192. The molecule has 5 nitrogen and oxygen atoms in total. The normalized spacial score (nSPS) is 10.7. The van der Waals surface area contributed by atoms with Gasteiger partial charge in [-0.1, -0.05) is 23.2 Å². The average Bonchev–Trinajstić information content (AvgIpc) is 2.77. The SMILES string of the molecule is CCn1ncc(N)c1C(=O)N(C)Cc1cc(Cl)cc(Cl)c1. The molecule has 2 rings (SSSR count). The Morgan fingerprint density at radius 1 is 1.33 bits per heavy atom. The van der Waals surface area contributed by atoms with Crippen molar-refractivity contribution in [1.82, 2.24) is 14.7 Å². The highest BCUT2D eigenvalue weighted by Crippen LogP contribution is 2.21. The van der Waals surface area contributed by atoms with Crippen LogP contribution in [0.4, 0.5) is 5.69 Å². The third-order valence-electron chi connectivity index (χ3n) is 3.06. The molecule has 0 fully saturated rings. The highest BCUT2D eigenvalue weighted by Gasteiger charge is 2.20. The van der Waals surface area contributed by atoms with Crippen LogP contribution >= 0.6 is 23.2 Å². The number of hydrogen-bond donors (Lipinski definition) is 1. The van der Waals surface area contributed by atoms with Crippen LogP contribution in [0, 0.1) is 0 Å². The predicted octanol–water partition coefficient (Wildman–Crippen LogP) is 3.06. The van der Waals surface area contributed by atoms with Gasteiger partial charge in [0, 0.05) is 30.2 Å². The summed E-state index contributed by atoms with van der Waals surface area (Å²) in [5.74, 6) is -0.192. The monoisotopic (exact) mass is 326 g/mol. The van der Waals surface area contributed by atoms with Crippen LogP contribution in [0.15, 0.2) is 24.4 Å². The molecule has 0 aliphatic heterocycles. The summed E-state index contributed by atoms with van der Waals surface area (Å²) >= 11 is 11.9. The second-order valence-electron chi connectivity index (χ2n) is 4.70. The number of nitrogen functional groups attached to an aromatic ring is 1. The van der Waals surface area contributed by atoms with Crippen molar-refractivity contribution >= 4 is 34.8 Å². The molecular formula is C14H16Cl2N4O. The molecule has 0 spiro atoms. The molecule has 0 aliphatic carbocycles. The van der Waals surface area contributed by atoms with Crippen LogP contribution in [0.5, 0.6) is 0 Å².